The molecule has 6 nitrogen and oxygen atoms in total. The zero-order chi connectivity index (χ0) is 16.1. The Hall–Kier alpha value is -2.08. The first-order valence-electron chi connectivity index (χ1n) is 7.39. The topological polar surface area (TPSA) is 87.1 Å². The minimum Gasteiger partial charge on any atom is -0.480 e. The van der Waals surface area contributed by atoms with E-state index in [0.717, 1.165) is 16.9 Å². The maximum absolute atomic E-state index is 12.0. The van der Waals surface area contributed by atoms with Crippen molar-refractivity contribution in [2.75, 3.05) is 13.2 Å². The fraction of sp³-hybridized carbons (Fsp3) is 0.500. The molecule has 0 aliphatic carbocycles. The Balaban J connectivity index is 1.80. The van der Waals surface area contributed by atoms with Crippen molar-refractivity contribution in [3.05, 3.63) is 35.9 Å². The molecule has 1 aromatic carbocycles. The summed E-state index contributed by atoms with van der Waals surface area (Å²) in [4.78, 5) is 24.3. The normalized spacial score (nSPS) is 24.3. The molecule has 0 spiro atoms. The van der Waals surface area contributed by atoms with Gasteiger partial charge in [-0.25, -0.2) is 9.59 Å². The van der Waals surface area contributed by atoms with Crippen LogP contribution in [0.5, 0.6) is 0 Å². The maximum Gasteiger partial charge on any atom is 0.410 e. The number of rotatable bonds is 5. The molecule has 2 N–H and O–H groups in total. The lowest BCUT2D eigenvalue weighted by atomic mass is 10.0. The molecule has 120 valence electrons. The molecule has 0 aromatic heterocycles. The van der Waals surface area contributed by atoms with Crippen LogP contribution in [-0.2, 0) is 16.0 Å². The number of carboxylic acid groups (broad SMARTS) is 1. The van der Waals surface area contributed by atoms with E-state index in [2.05, 4.69) is 0 Å². The molecule has 1 aliphatic rings. The molecule has 1 saturated heterocycles. The number of carbonyl (C=O) groups is 2. The molecular weight excluding hydrogens is 286 g/mol. The molecule has 6 heteroatoms. The largest absolute Gasteiger partial charge is 0.480 e. The molecule has 0 radical (unpaired) electrons. The van der Waals surface area contributed by atoms with Crippen LogP contribution < -0.4 is 0 Å². The number of aliphatic carboxylic acids is 1. The van der Waals surface area contributed by atoms with Crippen molar-refractivity contribution in [1.29, 1.82) is 0 Å². The van der Waals surface area contributed by atoms with Gasteiger partial charge in [-0.15, -0.1) is 0 Å². The molecule has 1 amide bonds. The minimum absolute atomic E-state index is 0.00431. The molecular formula is C16H21NO5. The van der Waals surface area contributed by atoms with Crippen molar-refractivity contribution in [3.63, 3.8) is 0 Å². The summed E-state index contributed by atoms with van der Waals surface area (Å²) in [6, 6.07) is 8.81. The minimum atomic E-state index is -1.12. The number of nitrogens with zero attached hydrogens (tertiary/aromatic N) is 1. The Labute approximate surface area is 129 Å². The van der Waals surface area contributed by atoms with E-state index >= 15 is 0 Å². The lowest BCUT2D eigenvalue weighted by molar-refractivity contribution is -0.143. The van der Waals surface area contributed by atoms with Crippen LogP contribution in [0.3, 0.4) is 0 Å². The fourth-order valence-corrected chi connectivity index (χ4v) is 2.69. The van der Waals surface area contributed by atoms with Crippen LogP contribution in [-0.4, -0.2) is 52.5 Å². The number of carboxylic acids is 1. The Kier molecular flexibility index (Phi) is 5.38. The highest BCUT2D eigenvalue weighted by Gasteiger charge is 2.45. The molecule has 1 aromatic rings. The molecule has 0 saturated carbocycles. The maximum atomic E-state index is 12.0. The van der Waals surface area contributed by atoms with E-state index in [1.807, 2.05) is 30.3 Å². The van der Waals surface area contributed by atoms with E-state index in [4.69, 9.17) is 4.74 Å². The summed E-state index contributed by atoms with van der Waals surface area (Å²) in [5, 5.41) is 18.9. The predicted octanol–water partition coefficient (Wildman–Crippen LogP) is 1.52. The Morgan fingerprint density at radius 2 is 2.00 bits per heavy atom. The highest BCUT2D eigenvalue weighted by atomic mass is 16.6. The molecule has 1 aliphatic heterocycles. The smallest absolute Gasteiger partial charge is 0.410 e. The van der Waals surface area contributed by atoms with Gasteiger partial charge in [-0.2, -0.15) is 0 Å². The third-order valence-electron chi connectivity index (χ3n) is 3.99. The van der Waals surface area contributed by atoms with Crippen LogP contribution in [0.2, 0.25) is 0 Å². The van der Waals surface area contributed by atoms with E-state index in [0.29, 0.717) is 6.42 Å². The first-order chi connectivity index (χ1) is 10.5. The number of amides is 1. The van der Waals surface area contributed by atoms with Gasteiger partial charge in [0.25, 0.3) is 0 Å². The third-order valence-corrected chi connectivity index (χ3v) is 3.99. The summed E-state index contributed by atoms with van der Waals surface area (Å²) in [7, 11) is 0. The van der Waals surface area contributed by atoms with E-state index in [9.17, 15) is 19.8 Å². The zero-order valence-electron chi connectivity index (χ0n) is 12.5. The van der Waals surface area contributed by atoms with Crippen molar-refractivity contribution in [3.8, 4) is 0 Å². The average molecular weight is 307 g/mol. The quantitative estimate of drug-likeness (QED) is 0.805. The van der Waals surface area contributed by atoms with E-state index in [1.165, 1.54) is 0 Å². The van der Waals surface area contributed by atoms with Gasteiger partial charge in [0, 0.05) is 5.92 Å². The van der Waals surface area contributed by atoms with Gasteiger partial charge in [-0.1, -0.05) is 37.3 Å². The van der Waals surface area contributed by atoms with Crippen LogP contribution in [0.4, 0.5) is 4.79 Å². The van der Waals surface area contributed by atoms with Crippen LogP contribution in [0.15, 0.2) is 30.3 Å². The second kappa shape index (κ2) is 7.26. The monoisotopic (exact) mass is 307 g/mol. The van der Waals surface area contributed by atoms with Crippen molar-refractivity contribution >= 4 is 12.1 Å². The molecule has 0 bridgehead atoms. The second-order valence-corrected chi connectivity index (χ2v) is 5.57. The number of hydrogen-bond donors (Lipinski definition) is 2. The number of β-amino-alcohol motifs (C(OH)–C–C–N with tert-alkyl or cyclic N) is 1. The van der Waals surface area contributed by atoms with Crippen molar-refractivity contribution < 1.29 is 24.5 Å². The summed E-state index contributed by atoms with van der Waals surface area (Å²) in [5.74, 6) is -1.63. The van der Waals surface area contributed by atoms with Gasteiger partial charge in [-0.3, -0.25) is 4.90 Å². The van der Waals surface area contributed by atoms with Crippen molar-refractivity contribution in [2.45, 2.75) is 31.9 Å². The van der Waals surface area contributed by atoms with Gasteiger partial charge in [-0.05, 0) is 18.4 Å². The molecule has 22 heavy (non-hydrogen) atoms. The number of ether oxygens (including phenoxy) is 1. The molecule has 1 fully saturated rings. The van der Waals surface area contributed by atoms with Crippen LogP contribution in [0, 0.1) is 5.92 Å². The summed E-state index contributed by atoms with van der Waals surface area (Å²) < 4.78 is 5.14. The van der Waals surface area contributed by atoms with Crippen LogP contribution in [0.1, 0.15) is 18.9 Å². The molecule has 3 atom stereocenters. The van der Waals surface area contributed by atoms with Gasteiger partial charge in [0.15, 0.2) is 0 Å². The lowest BCUT2D eigenvalue weighted by Crippen LogP contribution is -2.43. The number of hydrogen-bond acceptors (Lipinski definition) is 4. The summed E-state index contributed by atoms with van der Waals surface area (Å²) in [6.07, 6.45) is -0.0589. The fourth-order valence-electron chi connectivity index (χ4n) is 2.69. The SMILES string of the molecule is CC1C(O)CN(C(=O)OCCCc2ccccc2)C1C(=O)O. The highest BCUT2D eigenvalue weighted by molar-refractivity contribution is 5.81. The first kappa shape index (κ1) is 16.3. The Bertz CT molecular complexity index is 519. The Morgan fingerprint density at radius 1 is 1.32 bits per heavy atom. The zero-order valence-corrected chi connectivity index (χ0v) is 12.5. The molecule has 3 unspecified atom stereocenters. The second-order valence-electron chi connectivity index (χ2n) is 5.57. The number of likely N-dealkylation sites (tertiary alicyclic amines) is 1. The van der Waals surface area contributed by atoms with Crippen LogP contribution in [0.25, 0.3) is 0 Å². The standard InChI is InChI=1S/C16H21NO5/c1-11-13(18)10-17(14(11)15(19)20)16(21)22-9-5-8-12-6-3-2-4-7-12/h2-4,6-7,11,13-14,18H,5,8-10H2,1H3,(H,19,20). The first-order valence-corrected chi connectivity index (χ1v) is 7.39. The lowest BCUT2D eigenvalue weighted by Gasteiger charge is -2.22. The summed E-state index contributed by atoms with van der Waals surface area (Å²) >= 11 is 0. The van der Waals surface area contributed by atoms with E-state index < -0.39 is 30.1 Å². The summed E-state index contributed by atoms with van der Waals surface area (Å²) in [5.41, 5.74) is 1.16. The molecule has 1 heterocycles. The Morgan fingerprint density at radius 3 is 2.64 bits per heavy atom. The number of aliphatic hydroxyl groups is 1. The van der Waals surface area contributed by atoms with Gasteiger partial charge in [0.05, 0.1) is 19.3 Å². The van der Waals surface area contributed by atoms with E-state index in [1.54, 1.807) is 6.92 Å². The van der Waals surface area contributed by atoms with E-state index in [-0.39, 0.29) is 13.2 Å². The number of carbonyl (C=O) groups excluding carboxylic acids is 1. The average Bonchev–Trinajstić information content (AvgIpc) is 2.80. The number of aryl methyl sites for hydroxylation is 1. The predicted molar refractivity (Wildman–Crippen MR) is 79.4 cm³/mol. The molecule has 2 rings (SSSR count). The number of aliphatic hydroxyl groups excluding tert-OH is 1. The van der Waals surface area contributed by atoms with Crippen LogP contribution >= 0.6 is 0 Å². The summed E-state index contributed by atoms with van der Waals surface area (Å²) in [6.45, 7) is 1.84. The van der Waals surface area contributed by atoms with Crippen molar-refractivity contribution in [2.24, 2.45) is 5.92 Å². The number of benzene rings is 1. The highest BCUT2D eigenvalue weighted by Crippen LogP contribution is 2.25. The van der Waals surface area contributed by atoms with Gasteiger partial charge in [0.1, 0.15) is 6.04 Å². The third kappa shape index (κ3) is 3.76. The van der Waals surface area contributed by atoms with Crippen molar-refractivity contribution in [1.82, 2.24) is 4.90 Å². The van der Waals surface area contributed by atoms with Gasteiger partial charge in [0.2, 0.25) is 0 Å². The van der Waals surface area contributed by atoms with Gasteiger partial charge >= 0.3 is 12.1 Å². The van der Waals surface area contributed by atoms with Gasteiger partial charge < -0.3 is 14.9 Å².